The summed E-state index contributed by atoms with van der Waals surface area (Å²) in [5, 5.41) is 0. The highest BCUT2D eigenvalue weighted by atomic mass is 16.1. The fourth-order valence-corrected chi connectivity index (χ4v) is 1.95. The van der Waals surface area contributed by atoms with Crippen LogP contribution in [0.5, 0.6) is 0 Å². The van der Waals surface area contributed by atoms with Crippen LogP contribution >= 0.6 is 0 Å². The highest BCUT2D eigenvalue weighted by Gasteiger charge is 2.10. The molecule has 2 rings (SSSR count). The maximum absolute atomic E-state index is 11.2. The van der Waals surface area contributed by atoms with Crippen molar-refractivity contribution in [2.45, 2.75) is 13.8 Å². The Bertz CT molecular complexity index is 600. The number of nitrogens with zero attached hydrogens (tertiary/aromatic N) is 1. The molecule has 0 aliphatic heterocycles. The third kappa shape index (κ3) is 2.32. The number of carbonyl (C=O) groups excluding carboxylic acids is 1. The van der Waals surface area contributed by atoms with Gasteiger partial charge < -0.3 is 11.5 Å². The predicted octanol–water partition coefficient (Wildman–Crippen LogP) is 2.05. The van der Waals surface area contributed by atoms with Gasteiger partial charge in [0.1, 0.15) is 0 Å². The standard InChI is InChI=1S/C14H15N3O/c1-8-5-9(2)7-10(6-8)12-4-3-11(15)13(17-12)14(16)18/h3-7H,15H2,1-2H3,(H2,16,18). The number of anilines is 1. The third-order valence-corrected chi connectivity index (χ3v) is 2.68. The summed E-state index contributed by atoms with van der Waals surface area (Å²) in [6.07, 6.45) is 0. The van der Waals surface area contributed by atoms with Gasteiger partial charge in [0.05, 0.1) is 11.4 Å². The summed E-state index contributed by atoms with van der Waals surface area (Å²) in [6.45, 7) is 4.03. The minimum Gasteiger partial charge on any atom is -0.397 e. The van der Waals surface area contributed by atoms with Crippen molar-refractivity contribution >= 4 is 11.6 Å². The van der Waals surface area contributed by atoms with Crippen LogP contribution in [0.2, 0.25) is 0 Å². The van der Waals surface area contributed by atoms with Gasteiger partial charge in [-0.25, -0.2) is 4.98 Å². The number of amides is 1. The highest BCUT2D eigenvalue weighted by Crippen LogP contribution is 2.22. The Balaban J connectivity index is 2.57. The van der Waals surface area contributed by atoms with E-state index in [0.29, 0.717) is 11.4 Å². The number of carbonyl (C=O) groups is 1. The van der Waals surface area contributed by atoms with Gasteiger partial charge in [-0.3, -0.25) is 4.79 Å². The van der Waals surface area contributed by atoms with E-state index in [1.54, 1.807) is 12.1 Å². The summed E-state index contributed by atoms with van der Waals surface area (Å²) in [5.41, 5.74) is 15.3. The molecule has 0 aliphatic carbocycles. The summed E-state index contributed by atoms with van der Waals surface area (Å²) in [4.78, 5) is 15.4. The largest absolute Gasteiger partial charge is 0.397 e. The number of hydrogen-bond acceptors (Lipinski definition) is 3. The lowest BCUT2D eigenvalue weighted by Crippen LogP contribution is -2.15. The summed E-state index contributed by atoms with van der Waals surface area (Å²) in [7, 11) is 0. The molecule has 0 atom stereocenters. The summed E-state index contributed by atoms with van der Waals surface area (Å²) in [5.74, 6) is -0.612. The number of pyridine rings is 1. The zero-order valence-electron chi connectivity index (χ0n) is 10.4. The van der Waals surface area contributed by atoms with E-state index in [1.165, 1.54) is 0 Å². The van der Waals surface area contributed by atoms with Crippen molar-refractivity contribution < 1.29 is 4.79 Å². The lowest BCUT2D eigenvalue weighted by molar-refractivity contribution is 0.0996. The van der Waals surface area contributed by atoms with Gasteiger partial charge in [-0.2, -0.15) is 0 Å². The van der Waals surface area contributed by atoms with E-state index in [2.05, 4.69) is 11.1 Å². The average molecular weight is 241 g/mol. The predicted molar refractivity (Wildman–Crippen MR) is 72.1 cm³/mol. The van der Waals surface area contributed by atoms with Gasteiger partial charge >= 0.3 is 0 Å². The van der Waals surface area contributed by atoms with Crippen LogP contribution in [0.15, 0.2) is 30.3 Å². The number of benzene rings is 1. The summed E-state index contributed by atoms with van der Waals surface area (Å²) < 4.78 is 0. The van der Waals surface area contributed by atoms with Crippen LogP contribution in [0, 0.1) is 13.8 Å². The van der Waals surface area contributed by atoms with E-state index in [-0.39, 0.29) is 5.69 Å². The Morgan fingerprint density at radius 1 is 1.11 bits per heavy atom. The average Bonchev–Trinajstić information content (AvgIpc) is 2.27. The second kappa shape index (κ2) is 4.49. The molecule has 0 unspecified atom stereocenters. The summed E-state index contributed by atoms with van der Waals surface area (Å²) in [6, 6.07) is 9.54. The first-order valence-corrected chi connectivity index (χ1v) is 5.62. The van der Waals surface area contributed by atoms with Crippen LogP contribution in [-0.2, 0) is 0 Å². The molecule has 1 heterocycles. The normalized spacial score (nSPS) is 10.3. The molecule has 0 aliphatic rings. The molecule has 0 saturated heterocycles. The molecule has 4 heteroatoms. The fraction of sp³-hybridized carbons (Fsp3) is 0.143. The van der Waals surface area contributed by atoms with Gasteiger partial charge in [0.15, 0.2) is 5.69 Å². The first-order chi connectivity index (χ1) is 8.47. The quantitative estimate of drug-likeness (QED) is 0.844. The van der Waals surface area contributed by atoms with E-state index >= 15 is 0 Å². The van der Waals surface area contributed by atoms with Crippen molar-refractivity contribution in [3.05, 3.63) is 47.2 Å². The first-order valence-electron chi connectivity index (χ1n) is 5.62. The van der Waals surface area contributed by atoms with Crippen molar-refractivity contribution in [3.63, 3.8) is 0 Å². The van der Waals surface area contributed by atoms with Crippen LogP contribution in [0.1, 0.15) is 21.6 Å². The highest BCUT2D eigenvalue weighted by molar-refractivity contribution is 5.96. The third-order valence-electron chi connectivity index (χ3n) is 2.68. The van der Waals surface area contributed by atoms with Crippen molar-refractivity contribution in [2.75, 3.05) is 5.73 Å². The number of aromatic nitrogens is 1. The van der Waals surface area contributed by atoms with Crippen LogP contribution in [0.3, 0.4) is 0 Å². The molecule has 1 aromatic carbocycles. The smallest absolute Gasteiger partial charge is 0.269 e. The molecular formula is C14H15N3O. The van der Waals surface area contributed by atoms with Gasteiger partial charge in [-0.05, 0) is 38.1 Å². The molecule has 18 heavy (non-hydrogen) atoms. The molecular weight excluding hydrogens is 226 g/mol. The van der Waals surface area contributed by atoms with Crippen LogP contribution in [0.4, 0.5) is 5.69 Å². The van der Waals surface area contributed by atoms with Crippen LogP contribution < -0.4 is 11.5 Å². The van der Waals surface area contributed by atoms with E-state index < -0.39 is 5.91 Å². The molecule has 0 bridgehead atoms. The minimum atomic E-state index is -0.612. The lowest BCUT2D eigenvalue weighted by atomic mass is 10.0. The van der Waals surface area contributed by atoms with Crippen molar-refractivity contribution in [1.29, 1.82) is 0 Å². The Morgan fingerprint density at radius 2 is 1.72 bits per heavy atom. The SMILES string of the molecule is Cc1cc(C)cc(-c2ccc(N)c(C(N)=O)n2)c1. The van der Waals surface area contributed by atoms with Gasteiger partial charge in [0.25, 0.3) is 5.91 Å². The Hall–Kier alpha value is -2.36. The fourth-order valence-electron chi connectivity index (χ4n) is 1.95. The first kappa shape index (κ1) is 12.1. The van der Waals surface area contributed by atoms with E-state index in [4.69, 9.17) is 11.5 Å². The monoisotopic (exact) mass is 241 g/mol. The zero-order valence-corrected chi connectivity index (χ0v) is 10.4. The topological polar surface area (TPSA) is 82.0 Å². The summed E-state index contributed by atoms with van der Waals surface area (Å²) >= 11 is 0. The van der Waals surface area contributed by atoms with Crippen molar-refractivity contribution in [2.24, 2.45) is 5.73 Å². The molecule has 92 valence electrons. The molecule has 0 spiro atoms. The molecule has 0 saturated carbocycles. The van der Waals surface area contributed by atoms with Crippen LogP contribution in [0.25, 0.3) is 11.3 Å². The number of nitrogen functional groups attached to an aromatic ring is 1. The lowest BCUT2D eigenvalue weighted by Gasteiger charge is -2.07. The number of rotatable bonds is 2. The number of primary amides is 1. The Kier molecular flexibility index (Phi) is 3.02. The van der Waals surface area contributed by atoms with E-state index in [9.17, 15) is 4.79 Å². The molecule has 0 fully saturated rings. The molecule has 1 aromatic heterocycles. The van der Waals surface area contributed by atoms with Crippen LogP contribution in [-0.4, -0.2) is 10.9 Å². The second-order valence-electron chi connectivity index (χ2n) is 4.37. The van der Waals surface area contributed by atoms with Crippen molar-refractivity contribution in [3.8, 4) is 11.3 Å². The molecule has 0 radical (unpaired) electrons. The Morgan fingerprint density at radius 3 is 2.28 bits per heavy atom. The maximum atomic E-state index is 11.2. The van der Waals surface area contributed by atoms with Gasteiger partial charge in [0.2, 0.25) is 0 Å². The zero-order chi connectivity index (χ0) is 13.3. The Labute approximate surface area is 106 Å². The van der Waals surface area contributed by atoms with Gasteiger partial charge in [-0.1, -0.05) is 17.2 Å². The molecule has 4 N–H and O–H groups in total. The molecule has 1 amide bonds. The van der Waals surface area contributed by atoms with E-state index in [0.717, 1.165) is 16.7 Å². The van der Waals surface area contributed by atoms with Gasteiger partial charge in [0, 0.05) is 5.56 Å². The molecule has 2 aromatic rings. The van der Waals surface area contributed by atoms with E-state index in [1.807, 2.05) is 26.0 Å². The number of hydrogen-bond donors (Lipinski definition) is 2. The second-order valence-corrected chi connectivity index (χ2v) is 4.37. The minimum absolute atomic E-state index is 0.117. The number of nitrogens with two attached hydrogens (primary N) is 2. The van der Waals surface area contributed by atoms with Gasteiger partial charge in [-0.15, -0.1) is 0 Å². The molecule has 4 nitrogen and oxygen atoms in total. The maximum Gasteiger partial charge on any atom is 0.269 e. The van der Waals surface area contributed by atoms with Crippen molar-refractivity contribution in [1.82, 2.24) is 4.98 Å². The number of aryl methyl sites for hydroxylation is 2.